The summed E-state index contributed by atoms with van der Waals surface area (Å²) in [7, 11) is 0. The van der Waals surface area contributed by atoms with Crippen LogP contribution >= 0.6 is 0 Å². The van der Waals surface area contributed by atoms with E-state index >= 15 is 0 Å². The molecule has 1 saturated heterocycles. The summed E-state index contributed by atoms with van der Waals surface area (Å²) in [5.41, 5.74) is 1.28. The summed E-state index contributed by atoms with van der Waals surface area (Å²) in [5, 5.41) is 3.13. The molecular weight excluding hydrogens is 366 g/mol. The van der Waals surface area contributed by atoms with Crippen molar-refractivity contribution < 1.29 is 9.59 Å². The predicted octanol–water partition coefficient (Wildman–Crippen LogP) is 2.48. The molecule has 1 N–H and O–H groups in total. The Morgan fingerprint density at radius 2 is 1.69 bits per heavy atom. The lowest BCUT2D eigenvalue weighted by molar-refractivity contribution is -0.129. The van der Waals surface area contributed by atoms with Crippen LogP contribution in [0.1, 0.15) is 43.1 Å². The predicted molar refractivity (Wildman–Crippen MR) is 112 cm³/mol. The van der Waals surface area contributed by atoms with E-state index in [9.17, 15) is 9.59 Å². The number of nitrogens with one attached hydrogen (secondary N) is 1. The zero-order valence-corrected chi connectivity index (χ0v) is 16.8. The third-order valence-electron chi connectivity index (χ3n) is 5.72. The molecule has 0 radical (unpaired) electrons. The molecule has 4 rings (SSSR count). The number of rotatable bonds is 4. The van der Waals surface area contributed by atoms with Gasteiger partial charge < -0.3 is 15.1 Å². The fourth-order valence-corrected chi connectivity index (χ4v) is 4.01. The van der Waals surface area contributed by atoms with Crippen LogP contribution in [0.25, 0.3) is 11.4 Å². The standard InChI is InChI=1S/C22H27N5O2/c1-16(28)26-11-13-27(14-12-26)20-15-19(22(29)23-18-9-5-6-10-18)24-21(25-20)17-7-3-2-4-8-17/h2-4,7-8,15,18H,5-6,9-14H2,1H3,(H,23,29). The van der Waals surface area contributed by atoms with Crippen LogP contribution in [0.15, 0.2) is 36.4 Å². The Bertz CT molecular complexity index is 872. The van der Waals surface area contributed by atoms with Crippen molar-refractivity contribution in [3.8, 4) is 11.4 Å². The maximum atomic E-state index is 12.9. The van der Waals surface area contributed by atoms with Crippen LogP contribution in [0.5, 0.6) is 0 Å². The number of hydrogen-bond donors (Lipinski definition) is 1. The molecule has 2 heterocycles. The number of anilines is 1. The molecule has 1 aliphatic heterocycles. The van der Waals surface area contributed by atoms with E-state index in [2.05, 4.69) is 15.2 Å². The fourth-order valence-electron chi connectivity index (χ4n) is 4.01. The number of aromatic nitrogens is 2. The monoisotopic (exact) mass is 393 g/mol. The third kappa shape index (κ3) is 4.55. The largest absolute Gasteiger partial charge is 0.353 e. The van der Waals surface area contributed by atoms with Gasteiger partial charge in [0.2, 0.25) is 5.91 Å². The summed E-state index contributed by atoms with van der Waals surface area (Å²) in [6.07, 6.45) is 4.38. The molecule has 0 unspecified atom stereocenters. The van der Waals surface area contributed by atoms with Crippen LogP contribution in [0.3, 0.4) is 0 Å². The normalized spacial score (nSPS) is 17.4. The molecule has 152 valence electrons. The zero-order chi connectivity index (χ0) is 20.2. The molecule has 0 spiro atoms. The van der Waals surface area contributed by atoms with Gasteiger partial charge in [-0.25, -0.2) is 9.97 Å². The molecule has 1 aliphatic carbocycles. The van der Waals surface area contributed by atoms with Crippen LogP contribution in [0.4, 0.5) is 5.82 Å². The quantitative estimate of drug-likeness (QED) is 0.863. The lowest BCUT2D eigenvalue weighted by Crippen LogP contribution is -2.48. The summed E-state index contributed by atoms with van der Waals surface area (Å²) >= 11 is 0. The second-order valence-corrected chi connectivity index (χ2v) is 7.75. The number of carbonyl (C=O) groups is 2. The Labute approximate surface area is 171 Å². The molecule has 2 aliphatic rings. The molecule has 0 bridgehead atoms. The van der Waals surface area contributed by atoms with Crippen LogP contribution < -0.4 is 10.2 Å². The van der Waals surface area contributed by atoms with Gasteiger partial charge in [0.1, 0.15) is 11.5 Å². The van der Waals surface area contributed by atoms with E-state index in [4.69, 9.17) is 4.98 Å². The van der Waals surface area contributed by atoms with E-state index in [1.165, 1.54) is 0 Å². The van der Waals surface area contributed by atoms with Crippen molar-refractivity contribution in [2.45, 2.75) is 38.6 Å². The second kappa shape index (κ2) is 8.59. The van der Waals surface area contributed by atoms with Gasteiger partial charge in [-0.2, -0.15) is 0 Å². The van der Waals surface area contributed by atoms with Crippen LogP contribution in [-0.4, -0.2) is 58.9 Å². The van der Waals surface area contributed by atoms with Gasteiger partial charge in [0, 0.05) is 50.8 Å². The van der Waals surface area contributed by atoms with Crippen molar-refractivity contribution in [2.24, 2.45) is 0 Å². The van der Waals surface area contributed by atoms with Crippen molar-refractivity contribution in [3.63, 3.8) is 0 Å². The van der Waals surface area contributed by atoms with Gasteiger partial charge in [0.25, 0.3) is 5.91 Å². The lowest BCUT2D eigenvalue weighted by atomic mass is 10.2. The molecule has 29 heavy (non-hydrogen) atoms. The fraction of sp³-hybridized carbons (Fsp3) is 0.455. The highest BCUT2D eigenvalue weighted by atomic mass is 16.2. The van der Waals surface area contributed by atoms with Crippen LogP contribution in [-0.2, 0) is 4.79 Å². The number of piperazine rings is 1. The van der Waals surface area contributed by atoms with E-state index < -0.39 is 0 Å². The molecule has 1 saturated carbocycles. The van der Waals surface area contributed by atoms with Gasteiger partial charge >= 0.3 is 0 Å². The highest BCUT2D eigenvalue weighted by Gasteiger charge is 2.24. The van der Waals surface area contributed by atoms with Gasteiger partial charge in [0.05, 0.1) is 0 Å². The molecule has 2 fully saturated rings. The van der Waals surface area contributed by atoms with Crippen molar-refractivity contribution in [1.29, 1.82) is 0 Å². The zero-order valence-electron chi connectivity index (χ0n) is 16.8. The highest BCUT2D eigenvalue weighted by molar-refractivity contribution is 5.93. The molecular formula is C22H27N5O2. The van der Waals surface area contributed by atoms with Gasteiger partial charge in [-0.1, -0.05) is 43.2 Å². The van der Waals surface area contributed by atoms with Gasteiger partial charge in [-0.15, -0.1) is 0 Å². The maximum Gasteiger partial charge on any atom is 0.270 e. The van der Waals surface area contributed by atoms with E-state index in [0.29, 0.717) is 37.7 Å². The molecule has 1 aromatic carbocycles. The van der Waals surface area contributed by atoms with Crippen molar-refractivity contribution in [2.75, 3.05) is 31.1 Å². The maximum absolute atomic E-state index is 12.9. The number of amides is 2. The Kier molecular flexibility index (Phi) is 5.74. The highest BCUT2D eigenvalue weighted by Crippen LogP contribution is 2.23. The van der Waals surface area contributed by atoms with Crippen molar-refractivity contribution >= 4 is 17.6 Å². The minimum absolute atomic E-state index is 0.0916. The summed E-state index contributed by atoms with van der Waals surface area (Å²) in [5.74, 6) is 1.24. The topological polar surface area (TPSA) is 78.4 Å². The summed E-state index contributed by atoms with van der Waals surface area (Å²) in [4.78, 5) is 37.8. The molecule has 1 aromatic heterocycles. The SMILES string of the molecule is CC(=O)N1CCN(c2cc(C(=O)NC3CCCC3)nc(-c3ccccc3)n2)CC1. The smallest absolute Gasteiger partial charge is 0.270 e. The number of carbonyl (C=O) groups excluding carboxylic acids is 2. The van der Waals surface area contributed by atoms with Gasteiger partial charge in [-0.3, -0.25) is 9.59 Å². The van der Waals surface area contributed by atoms with E-state index in [1.807, 2.05) is 35.2 Å². The molecule has 2 aromatic rings. The summed E-state index contributed by atoms with van der Waals surface area (Å²) in [6, 6.07) is 11.7. The number of nitrogens with zero attached hydrogens (tertiary/aromatic N) is 4. The molecule has 0 atom stereocenters. The Morgan fingerprint density at radius 3 is 2.34 bits per heavy atom. The Morgan fingerprint density at radius 1 is 1.00 bits per heavy atom. The first-order valence-electron chi connectivity index (χ1n) is 10.4. The average Bonchev–Trinajstić information content (AvgIpc) is 3.27. The minimum atomic E-state index is -0.139. The molecule has 7 heteroatoms. The summed E-state index contributed by atoms with van der Waals surface area (Å²) < 4.78 is 0. The van der Waals surface area contributed by atoms with Crippen LogP contribution in [0.2, 0.25) is 0 Å². The second-order valence-electron chi connectivity index (χ2n) is 7.75. The van der Waals surface area contributed by atoms with E-state index in [0.717, 1.165) is 37.1 Å². The van der Waals surface area contributed by atoms with Crippen molar-refractivity contribution in [1.82, 2.24) is 20.2 Å². The third-order valence-corrected chi connectivity index (χ3v) is 5.72. The minimum Gasteiger partial charge on any atom is -0.353 e. The number of benzene rings is 1. The Balaban J connectivity index is 1.61. The van der Waals surface area contributed by atoms with E-state index in [-0.39, 0.29) is 17.9 Å². The van der Waals surface area contributed by atoms with Crippen LogP contribution in [0, 0.1) is 0 Å². The van der Waals surface area contributed by atoms with Crippen molar-refractivity contribution in [3.05, 3.63) is 42.1 Å². The molecule has 2 amide bonds. The first kappa shape index (κ1) is 19.4. The van der Waals surface area contributed by atoms with Gasteiger partial charge in [0.15, 0.2) is 5.82 Å². The first-order chi connectivity index (χ1) is 14.1. The molecule has 7 nitrogen and oxygen atoms in total. The lowest BCUT2D eigenvalue weighted by Gasteiger charge is -2.35. The van der Waals surface area contributed by atoms with Gasteiger partial charge in [-0.05, 0) is 12.8 Å². The summed E-state index contributed by atoms with van der Waals surface area (Å²) in [6.45, 7) is 4.29. The Hall–Kier alpha value is -2.96. The first-order valence-corrected chi connectivity index (χ1v) is 10.4. The number of hydrogen-bond acceptors (Lipinski definition) is 5. The average molecular weight is 393 g/mol. The van der Waals surface area contributed by atoms with E-state index in [1.54, 1.807) is 13.0 Å².